The lowest BCUT2D eigenvalue weighted by Crippen LogP contribution is -2.37. The topological polar surface area (TPSA) is 84.9 Å². The first-order valence-electron chi connectivity index (χ1n) is 7.68. The van der Waals surface area contributed by atoms with Gasteiger partial charge in [0.05, 0.1) is 0 Å². The van der Waals surface area contributed by atoms with Crippen molar-refractivity contribution in [3.63, 3.8) is 0 Å². The summed E-state index contributed by atoms with van der Waals surface area (Å²) in [5.41, 5.74) is 0.632. The zero-order valence-electron chi connectivity index (χ0n) is 13.6. The second kappa shape index (κ2) is 7.42. The first kappa shape index (κ1) is 17.7. The molecule has 0 saturated carbocycles. The van der Waals surface area contributed by atoms with Crippen LogP contribution in [0.1, 0.15) is 6.92 Å². The molecule has 2 aromatic rings. The predicted molar refractivity (Wildman–Crippen MR) is 95.0 cm³/mol. The van der Waals surface area contributed by atoms with Crippen molar-refractivity contribution in [2.24, 2.45) is 0 Å². The number of hydrogen-bond donors (Lipinski definition) is 1. The van der Waals surface area contributed by atoms with Crippen LogP contribution in [0.3, 0.4) is 0 Å². The second-order valence-corrected chi connectivity index (χ2v) is 8.27. The molecule has 0 radical (unpaired) electrons. The number of carbonyl (C=O) groups excluding carboxylic acids is 1. The lowest BCUT2D eigenvalue weighted by atomic mass is 10.2. The van der Waals surface area contributed by atoms with E-state index < -0.39 is 10.0 Å². The molecule has 1 amide bonds. The van der Waals surface area contributed by atoms with Gasteiger partial charge in [-0.25, -0.2) is 13.1 Å². The lowest BCUT2D eigenvalue weighted by Gasteiger charge is -2.24. The van der Waals surface area contributed by atoms with E-state index in [0.717, 1.165) is 11.3 Å². The van der Waals surface area contributed by atoms with E-state index in [1.54, 1.807) is 29.6 Å². The molecule has 3 rings (SSSR count). The maximum Gasteiger partial charge on any atom is 0.250 e. The van der Waals surface area contributed by atoms with E-state index in [4.69, 9.17) is 9.47 Å². The number of thiophene rings is 1. The third-order valence-corrected chi connectivity index (χ3v) is 6.46. The van der Waals surface area contributed by atoms with Crippen LogP contribution in [0, 0.1) is 0 Å². The molecule has 1 aliphatic heterocycles. The fourth-order valence-corrected chi connectivity index (χ4v) is 4.51. The van der Waals surface area contributed by atoms with Gasteiger partial charge < -0.3 is 14.4 Å². The number of rotatable bonds is 6. The molecule has 0 saturated heterocycles. The van der Waals surface area contributed by atoms with Gasteiger partial charge in [0.2, 0.25) is 15.9 Å². The van der Waals surface area contributed by atoms with Crippen molar-refractivity contribution in [2.45, 2.75) is 11.1 Å². The Morgan fingerprint density at radius 1 is 1.24 bits per heavy atom. The zero-order valence-corrected chi connectivity index (χ0v) is 15.2. The highest BCUT2D eigenvalue weighted by molar-refractivity contribution is 7.91. The molecule has 134 valence electrons. The fourth-order valence-electron chi connectivity index (χ4n) is 2.45. The molecular weight excluding hydrogens is 364 g/mol. The summed E-state index contributed by atoms with van der Waals surface area (Å²) in [6.07, 6.45) is 0. The van der Waals surface area contributed by atoms with E-state index in [9.17, 15) is 13.2 Å². The molecule has 0 spiro atoms. The molecule has 1 aromatic carbocycles. The normalized spacial score (nSPS) is 13.5. The van der Waals surface area contributed by atoms with Crippen LogP contribution in [0.5, 0.6) is 11.5 Å². The molecule has 0 atom stereocenters. The van der Waals surface area contributed by atoms with Crippen LogP contribution in [0.25, 0.3) is 0 Å². The number of amides is 1. The number of nitrogens with one attached hydrogen (secondary N) is 1. The summed E-state index contributed by atoms with van der Waals surface area (Å²) >= 11 is 1.15. The largest absolute Gasteiger partial charge is 0.486 e. The molecule has 0 aliphatic carbocycles. The van der Waals surface area contributed by atoms with E-state index in [0.29, 0.717) is 30.4 Å². The van der Waals surface area contributed by atoms with Gasteiger partial charge in [-0.2, -0.15) is 0 Å². The van der Waals surface area contributed by atoms with E-state index in [1.165, 1.54) is 17.9 Å². The van der Waals surface area contributed by atoms with Crippen LogP contribution in [-0.2, 0) is 14.8 Å². The van der Waals surface area contributed by atoms with Crippen molar-refractivity contribution in [2.75, 3.05) is 31.2 Å². The number of sulfonamides is 1. The summed E-state index contributed by atoms with van der Waals surface area (Å²) in [5.74, 6) is 1.03. The first-order valence-corrected chi connectivity index (χ1v) is 10.0. The highest BCUT2D eigenvalue weighted by Gasteiger charge is 2.19. The minimum atomic E-state index is -3.55. The number of hydrogen-bond acceptors (Lipinski definition) is 6. The Kier molecular flexibility index (Phi) is 5.26. The maximum atomic E-state index is 12.1. The summed E-state index contributed by atoms with van der Waals surface area (Å²) in [5, 5.41) is 1.70. The Balaban J connectivity index is 1.69. The van der Waals surface area contributed by atoms with Gasteiger partial charge in [-0.15, -0.1) is 11.3 Å². The Morgan fingerprint density at radius 2 is 2.00 bits per heavy atom. The molecule has 0 unspecified atom stereocenters. The van der Waals surface area contributed by atoms with Crippen LogP contribution < -0.4 is 19.1 Å². The molecule has 25 heavy (non-hydrogen) atoms. The quantitative estimate of drug-likeness (QED) is 0.824. The van der Waals surface area contributed by atoms with Crippen molar-refractivity contribution < 1.29 is 22.7 Å². The van der Waals surface area contributed by atoms with Gasteiger partial charge in [0.1, 0.15) is 17.4 Å². The lowest BCUT2D eigenvalue weighted by molar-refractivity contribution is -0.116. The third-order valence-electron chi connectivity index (χ3n) is 3.60. The van der Waals surface area contributed by atoms with Gasteiger partial charge in [0.15, 0.2) is 11.5 Å². The fraction of sp³-hybridized carbons (Fsp3) is 0.312. The highest BCUT2D eigenvalue weighted by atomic mass is 32.2. The Bertz CT molecular complexity index is 849. The van der Waals surface area contributed by atoms with Crippen LogP contribution >= 0.6 is 11.3 Å². The second-order valence-electron chi connectivity index (χ2n) is 5.33. The van der Waals surface area contributed by atoms with Crippen molar-refractivity contribution in [3.05, 3.63) is 35.7 Å². The van der Waals surface area contributed by atoms with Gasteiger partial charge in [0.25, 0.3) is 0 Å². The number of fused-ring (bicyclic) bond motifs is 1. The Morgan fingerprint density at radius 3 is 2.68 bits per heavy atom. The maximum absolute atomic E-state index is 12.1. The molecule has 2 heterocycles. The van der Waals surface area contributed by atoms with Crippen LogP contribution in [0.4, 0.5) is 5.69 Å². The summed E-state index contributed by atoms with van der Waals surface area (Å²) in [6, 6.07) is 8.44. The number of anilines is 1. The van der Waals surface area contributed by atoms with Gasteiger partial charge in [-0.1, -0.05) is 6.07 Å². The van der Waals surface area contributed by atoms with Gasteiger partial charge in [-0.3, -0.25) is 4.79 Å². The summed E-state index contributed by atoms with van der Waals surface area (Å²) in [6.45, 7) is 2.70. The summed E-state index contributed by atoms with van der Waals surface area (Å²) in [7, 11) is -3.55. The predicted octanol–water partition coefficient (Wildman–Crippen LogP) is 1.85. The molecule has 1 aromatic heterocycles. The van der Waals surface area contributed by atoms with Crippen molar-refractivity contribution in [3.8, 4) is 11.5 Å². The smallest absolute Gasteiger partial charge is 0.250 e. The molecule has 1 N–H and O–H groups in total. The Labute approximate surface area is 150 Å². The van der Waals surface area contributed by atoms with Crippen molar-refractivity contribution >= 4 is 33.0 Å². The number of benzene rings is 1. The van der Waals surface area contributed by atoms with Gasteiger partial charge in [0, 0.05) is 31.8 Å². The third kappa shape index (κ3) is 4.12. The average molecular weight is 382 g/mol. The van der Waals surface area contributed by atoms with Crippen LogP contribution in [0.15, 0.2) is 39.9 Å². The van der Waals surface area contributed by atoms with Crippen molar-refractivity contribution in [1.29, 1.82) is 0 Å². The molecule has 0 fully saturated rings. The zero-order chi connectivity index (χ0) is 17.9. The highest BCUT2D eigenvalue weighted by Crippen LogP contribution is 2.34. The number of nitrogens with zero attached hydrogens (tertiary/aromatic N) is 1. The van der Waals surface area contributed by atoms with Gasteiger partial charge >= 0.3 is 0 Å². The summed E-state index contributed by atoms with van der Waals surface area (Å²) in [4.78, 5) is 13.5. The molecule has 1 aliphatic rings. The Hall–Kier alpha value is -2.10. The number of ether oxygens (including phenoxy) is 2. The SMILES string of the molecule is CC(=O)N(CCNS(=O)(=O)c1cccs1)c1ccc2c(c1)OCCO2. The molecule has 7 nitrogen and oxygen atoms in total. The van der Waals surface area contributed by atoms with E-state index in [2.05, 4.69) is 4.72 Å². The van der Waals surface area contributed by atoms with Crippen molar-refractivity contribution in [1.82, 2.24) is 4.72 Å². The monoisotopic (exact) mass is 382 g/mol. The van der Waals surface area contributed by atoms with Crippen LogP contribution in [-0.4, -0.2) is 40.6 Å². The standard InChI is InChI=1S/C16H18N2O5S2/c1-12(19)18(7-6-17-25(20,21)16-3-2-10-24-16)13-4-5-14-15(11-13)23-9-8-22-14/h2-5,10-11,17H,6-9H2,1H3. The number of carbonyl (C=O) groups is 1. The first-order chi connectivity index (χ1) is 12.0. The van der Waals surface area contributed by atoms with E-state index in [-0.39, 0.29) is 23.2 Å². The van der Waals surface area contributed by atoms with Crippen LogP contribution in [0.2, 0.25) is 0 Å². The molecule has 9 heteroatoms. The molecule has 0 bridgehead atoms. The van der Waals surface area contributed by atoms with Gasteiger partial charge in [-0.05, 0) is 23.6 Å². The molecular formula is C16H18N2O5S2. The summed E-state index contributed by atoms with van der Waals surface area (Å²) < 4.78 is 38.0. The van der Waals surface area contributed by atoms with E-state index >= 15 is 0 Å². The minimum Gasteiger partial charge on any atom is -0.486 e. The minimum absolute atomic E-state index is 0.105. The van der Waals surface area contributed by atoms with E-state index in [1.807, 2.05) is 0 Å². The average Bonchev–Trinajstić information content (AvgIpc) is 3.13.